The van der Waals surface area contributed by atoms with Crippen LogP contribution in [0.1, 0.15) is 5.56 Å². The second-order valence-electron chi connectivity index (χ2n) is 4.47. The van der Waals surface area contributed by atoms with E-state index in [1.165, 1.54) is 12.7 Å². The standard InChI is InChI=1S/C13H18N2O2/c1-17-13(16)11-8-15(9-12(11)14)7-10-5-3-2-4-6-10/h2-6,11-12H,7-9,14H2,1H3/t11-,12-/m1/s1. The fourth-order valence-corrected chi connectivity index (χ4v) is 2.28. The molecule has 0 bridgehead atoms. The SMILES string of the molecule is COC(=O)[C@@H]1CN(Cc2ccccc2)C[C@H]1N. The normalized spacial score (nSPS) is 24.8. The van der Waals surface area contributed by atoms with Gasteiger partial charge in [0.1, 0.15) is 0 Å². The number of hydrogen-bond acceptors (Lipinski definition) is 4. The Balaban J connectivity index is 1.95. The molecule has 0 amide bonds. The predicted octanol–water partition coefficient (Wildman–Crippen LogP) is 0.619. The first-order chi connectivity index (χ1) is 8.20. The molecule has 2 atom stereocenters. The first kappa shape index (κ1) is 12.1. The van der Waals surface area contributed by atoms with Crippen molar-refractivity contribution in [2.24, 2.45) is 11.7 Å². The maximum atomic E-state index is 11.5. The van der Waals surface area contributed by atoms with Gasteiger partial charge in [-0.25, -0.2) is 0 Å². The van der Waals surface area contributed by atoms with Crippen LogP contribution in [0.3, 0.4) is 0 Å². The summed E-state index contributed by atoms with van der Waals surface area (Å²) in [5.74, 6) is -0.392. The van der Waals surface area contributed by atoms with Gasteiger partial charge in [0.25, 0.3) is 0 Å². The van der Waals surface area contributed by atoms with Crippen LogP contribution in [0.25, 0.3) is 0 Å². The third-order valence-electron chi connectivity index (χ3n) is 3.19. The number of nitrogens with two attached hydrogens (primary N) is 1. The van der Waals surface area contributed by atoms with Crippen LogP contribution in [-0.2, 0) is 16.1 Å². The van der Waals surface area contributed by atoms with E-state index in [0.717, 1.165) is 13.1 Å². The van der Waals surface area contributed by atoms with Gasteiger partial charge >= 0.3 is 5.97 Å². The number of likely N-dealkylation sites (tertiary alicyclic amines) is 1. The Morgan fingerprint density at radius 1 is 1.41 bits per heavy atom. The van der Waals surface area contributed by atoms with E-state index < -0.39 is 0 Å². The fraction of sp³-hybridized carbons (Fsp3) is 0.462. The minimum atomic E-state index is -0.201. The lowest BCUT2D eigenvalue weighted by Gasteiger charge is -2.14. The summed E-state index contributed by atoms with van der Waals surface area (Å²) in [4.78, 5) is 13.7. The zero-order chi connectivity index (χ0) is 12.3. The lowest BCUT2D eigenvalue weighted by atomic mass is 10.1. The quantitative estimate of drug-likeness (QED) is 0.779. The molecule has 0 saturated carbocycles. The van der Waals surface area contributed by atoms with Gasteiger partial charge in [-0.05, 0) is 5.56 Å². The second kappa shape index (κ2) is 5.29. The van der Waals surface area contributed by atoms with Crippen LogP contribution in [0.4, 0.5) is 0 Å². The third-order valence-corrected chi connectivity index (χ3v) is 3.19. The van der Waals surface area contributed by atoms with E-state index in [9.17, 15) is 4.79 Å². The Morgan fingerprint density at radius 3 is 2.76 bits per heavy atom. The largest absolute Gasteiger partial charge is 0.469 e. The number of hydrogen-bond donors (Lipinski definition) is 1. The lowest BCUT2D eigenvalue weighted by Crippen LogP contribution is -2.34. The summed E-state index contributed by atoms with van der Waals surface area (Å²) in [6, 6.07) is 10.1. The van der Waals surface area contributed by atoms with Crippen LogP contribution < -0.4 is 5.73 Å². The van der Waals surface area contributed by atoms with Crippen molar-refractivity contribution in [3.63, 3.8) is 0 Å². The van der Waals surface area contributed by atoms with Crippen LogP contribution in [0, 0.1) is 5.92 Å². The van der Waals surface area contributed by atoms with Crippen molar-refractivity contribution in [3.05, 3.63) is 35.9 Å². The molecule has 4 nitrogen and oxygen atoms in total. The molecule has 0 aromatic heterocycles. The van der Waals surface area contributed by atoms with Gasteiger partial charge in [0.05, 0.1) is 13.0 Å². The molecule has 1 aromatic carbocycles. The van der Waals surface area contributed by atoms with Crippen LogP contribution >= 0.6 is 0 Å². The van der Waals surface area contributed by atoms with Crippen molar-refractivity contribution in [2.75, 3.05) is 20.2 Å². The Labute approximate surface area is 101 Å². The topological polar surface area (TPSA) is 55.6 Å². The summed E-state index contributed by atoms with van der Waals surface area (Å²) in [7, 11) is 1.41. The number of esters is 1. The highest BCUT2D eigenvalue weighted by molar-refractivity contribution is 5.73. The molecule has 2 rings (SSSR count). The molecule has 1 fully saturated rings. The minimum Gasteiger partial charge on any atom is -0.469 e. The first-order valence-corrected chi connectivity index (χ1v) is 5.80. The van der Waals surface area contributed by atoms with Gasteiger partial charge in [-0.15, -0.1) is 0 Å². The average molecular weight is 234 g/mol. The van der Waals surface area contributed by atoms with Crippen molar-refractivity contribution in [1.29, 1.82) is 0 Å². The van der Waals surface area contributed by atoms with Crippen LogP contribution in [-0.4, -0.2) is 37.1 Å². The lowest BCUT2D eigenvalue weighted by molar-refractivity contribution is -0.145. The van der Waals surface area contributed by atoms with Gasteiger partial charge in [-0.2, -0.15) is 0 Å². The van der Waals surface area contributed by atoms with Gasteiger partial charge in [0, 0.05) is 25.7 Å². The molecule has 0 unspecified atom stereocenters. The van der Waals surface area contributed by atoms with Crippen LogP contribution in [0.2, 0.25) is 0 Å². The zero-order valence-corrected chi connectivity index (χ0v) is 10.0. The van der Waals surface area contributed by atoms with Gasteiger partial charge < -0.3 is 10.5 Å². The summed E-state index contributed by atoms with van der Waals surface area (Å²) < 4.78 is 4.76. The van der Waals surface area contributed by atoms with Crippen molar-refractivity contribution in [2.45, 2.75) is 12.6 Å². The van der Waals surface area contributed by atoms with E-state index in [1.54, 1.807) is 0 Å². The smallest absolute Gasteiger partial charge is 0.311 e. The molecule has 17 heavy (non-hydrogen) atoms. The molecule has 1 heterocycles. The number of carbonyl (C=O) groups excluding carboxylic acids is 1. The molecule has 92 valence electrons. The molecule has 1 saturated heterocycles. The number of benzene rings is 1. The van der Waals surface area contributed by atoms with Gasteiger partial charge in [0.2, 0.25) is 0 Å². The van der Waals surface area contributed by atoms with Crippen LogP contribution in [0.5, 0.6) is 0 Å². The molecule has 1 aliphatic rings. The summed E-state index contributed by atoms with van der Waals surface area (Å²) in [6.07, 6.45) is 0. The number of carbonyl (C=O) groups is 1. The van der Waals surface area contributed by atoms with Crippen LogP contribution in [0.15, 0.2) is 30.3 Å². The molecular weight excluding hydrogens is 216 g/mol. The second-order valence-corrected chi connectivity index (χ2v) is 4.47. The van der Waals surface area contributed by atoms with Crippen molar-refractivity contribution in [1.82, 2.24) is 4.90 Å². The van der Waals surface area contributed by atoms with Gasteiger partial charge in [0.15, 0.2) is 0 Å². The maximum absolute atomic E-state index is 11.5. The summed E-state index contributed by atoms with van der Waals surface area (Å²) in [6.45, 7) is 2.26. The Bertz CT molecular complexity index is 380. The number of rotatable bonds is 3. The molecule has 1 aromatic rings. The molecule has 0 radical (unpaired) electrons. The number of nitrogens with zero attached hydrogens (tertiary/aromatic N) is 1. The fourth-order valence-electron chi connectivity index (χ4n) is 2.28. The van der Waals surface area contributed by atoms with E-state index in [0.29, 0.717) is 6.54 Å². The molecule has 4 heteroatoms. The van der Waals surface area contributed by atoms with Gasteiger partial charge in [-0.3, -0.25) is 9.69 Å². The zero-order valence-electron chi connectivity index (χ0n) is 10.0. The van der Waals surface area contributed by atoms with Crippen molar-refractivity contribution < 1.29 is 9.53 Å². The van der Waals surface area contributed by atoms with E-state index in [-0.39, 0.29) is 17.9 Å². The molecule has 2 N–H and O–H groups in total. The van der Waals surface area contributed by atoms with E-state index in [1.807, 2.05) is 18.2 Å². The summed E-state index contributed by atoms with van der Waals surface area (Å²) >= 11 is 0. The number of methoxy groups -OCH3 is 1. The average Bonchev–Trinajstić information content (AvgIpc) is 2.70. The van der Waals surface area contributed by atoms with E-state index in [2.05, 4.69) is 17.0 Å². The molecular formula is C13H18N2O2. The highest BCUT2D eigenvalue weighted by Crippen LogP contribution is 2.19. The minimum absolute atomic E-state index is 0.119. The molecule has 0 spiro atoms. The Morgan fingerprint density at radius 2 is 2.12 bits per heavy atom. The molecule has 1 aliphatic heterocycles. The van der Waals surface area contributed by atoms with E-state index >= 15 is 0 Å². The highest BCUT2D eigenvalue weighted by Gasteiger charge is 2.35. The number of ether oxygens (including phenoxy) is 1. The monoisotopic (exact) mass is 234 g/mol. The predicted molar refractivity (Wildman–Crippen MR) is 65.2 cm³/mol. The van der Waals surface area contributed by atoms with Crippen molar-refractivity contribution >= 4 is 5.97 Å². The summed E-state index contributed by atoms with van der Waals surface area (Å²) in [5, 5.41) is 0. The Kier molecular flexibility index (Phi) is 3.76. The highest BCUT2D eigenvalue weighted by atomic mass is 16.5. The summed E-state index contributed by atoms with van der Waals surface area (Å²) in [5.41, 5.74) is 7.20. The maximum Gasteiger partial charge on any atom is 0.311 e. The van der Waals surface area contributed by atoms with E-state index in [4.69, 9.17) is 10.5 Å². The molecule has 0 aliphatic carbocycles. The first-order valence-electron chi connectivity index (χ1n) is 5.80. The van der Waals surface area contributed by atoms with Crippen molar-refractivity contribution in [3.8, 4) is 0 Å². The van der Waals surface area contributed by atoms with Gasteiger partial charge in [-0.1, -0.05) is 30.3 Å². The third kappa shape index (κ3) is 2.84. The Hall–Kier alpha value is -1.39.